The molecule has 1 atom stereocenters. The highest BCUT2D eigenvalue weighted by Gasteiger charge is 2.27. The molecule has 2 aromatic carbocycles. The van der Waals surface area contributed by atoms with Gasteiger partial charge in [-0.2, -0.15) is 4.31 Å². The molecule has 5 nitrogen and oxygen atoms in total. The van der Waals surface area contributed by atoms with Crippen molar-refractivity contribution in [1.29, 1.82) is 0 Å². The minimum absolute atomic E-state index is 0.115. The number of hydrogen-bond donors (Lipinski definition) is 1. The van der Waals surface area contributed by atoms with Crippen LogP contribution in [0.3, 0.4) is 0 Å². The molecule has 1 amide bonds. The Bertz CT molecular complexity index is 920. The Morgan fingerprint density at radius 1 is 1.07 bits per heavy atom. The maximum atomic E-state index is 13.0. The molecule has 28 heavy (non-hydrogen) atoms. The first-order valence-electron chi connectivity index (χ1n) is 9.90. The van der Waals surface area contributed by atoms with E-state index >= 15 is 0 Å². The minimum atomic E-state index is -3.57. The minimum Gasteiger partial charge on any atom is -0.345 e. The van der Waals surface area contributed by atoms with Crippen LogP contribution in [0.5, 0.6) is 0 Å². The zero-order valence-corrected chi connectivity index (χ0v) is 17.3. The second-order valence-electron chi connectivity index (χ2n) is 7.29. The number of benzene rings is 2. The zero-order valence-electron chi connectivity index (χ0n) is 16.5. The van der Waals surface area contributed by atoms with Crippen molar-refractivity contribution in [1.82, 2.24) is 9.62 Å². The molecule has 0 saturated carbocycles. The van der Waals surface area contributed by atoms with E-state index in [-0.39, 0.29) is 16.8 Å². The van der Waals surface area contributed by atoms with Gasteiger partial charge in [0.25, 0.3) is 5.91 Å². The third kappa shape index (κ3) is 4.45. The topological polar surface area (TPSA) is 66.5 Å². The molecule has 6 heteroatoms. The molecule has 2 aromatic rings. The second kappa shape index (κ2) is 8.88. The summed E-state index contributed by atoms with van der Waals surface area (Å²) in [5, 5.41) is 3.05. The van der Waals surface area contributed by atoms with Crippen molar-refractivity contribution in [3.05, 3.63) is 65.2 Å². The molecule has 150 valence electrons. The molecule has 0 radical (unpaired) electrons. The van der Waals surface area contributed by atoms with Gasteiger partial charge in [-0.15, -0.1) is 0 Å². The van der Waals surface area contributed by atoms with Crippen LogP contribution >= 0.6 is 0 Å². The predicted molar refractivity (Wildman–Crippen MR) is 111 cm³/mol. The lowest BCUT2D eigenvalue weighted by molar-refractivity contribution is 0.0934. The molecule has 0 bridgehead atoms. The van der Waals surface area contributed by atoms with E-state index in [1.807, 2.05) is 44.2 Å². The van der Waals surface area contributed by atoms with Gasteiger partial charge in [0, 0.05) is 18.7 Å². The molecular formula is C22H28N2O3S. The first kappa shape index (κ1) is 20.6. The molecule has 1 aliphatic heterocycles. The number of sulfonamides is 1. The average Bonchev–Trinajstić information content (AvgIpc) is 2.73. The fourth-order valence-corrected chi connectivity index (χ4v) is 5.15. The standard InChI is InChI=1S/C22H28N2O3S/c1-3-21(18-10-6-4-7-11-18)23-22(25)20-16-19(13-12-17(20)2)28(26,27)24-14-8-5-9-15-24/h4,6-7,10-13,16,21H,3,5,8-9,14-15H2,1-2H3,(H,23,25)/t21-/m1/s1. The average molecular weight is 401 g/mol. The summed E-state index contributed by atoms with van der Waals surface area (Å²) in [4.78, 5) is 13.1. The summed E-state index contributed by atoms with van der Waals surface area (Å²) < 4.78 is 27.5. The summed E-state index contributed by atoms with van der Waals surface area (Å²) in [5.41, 5.74) is 2.21. The number of amides is 1. The molecule has 0 spiro atoms. The van der Waals surface area contributed by atoms with Crippen LogP contribution in [0.15, 0.2) is 53.4 Å². The van der Waals surface area contributed by atoms with Gasteiger partial charge in [0.2, 0.25) is 10.0 Å². The van der Waals surface area contributed by atoms with E-state index in [0.29, 0.717) is 18.7 Å². The molecule has 0 aromatic heterocycles. The lowest BCUT2D eigenvalue weighted by atomic mass is 10.0. The Kier molecular flexibility index (Phi) is 6.52. The summed E-state index contributed by atoms with van der Waals surface area (Å²) >= 11 is 0. The molecule has 1 fully saturated rings. The van der Waals surface area contributed by atoms with E-state index in [1.165, 1.54) is 10.4 Å². The Labute approximate surface area is 167 Å². The summed E-state index contributed by atoms with van der Waals surface area (Å²) in [7, 11) is -3.57. The number of nitrogens with one attached hydrogen (secondary N) is 1. The van der Waals surface area contributed by atoms with E-state index in [1.54, 1.807) is 12.1 Å². The van der Waals surface area contributed by atoms with Crippen LogP contribution in [0.4, 0.5) is 0 Å². The first-order chi connectivity index (χ1) is 13.4. The van der Waals surface area contributed by atoms with Crippen LogP contribution in [0.1, 0.15) is 60.1 Å². The van der Waals surface area contributed by atoms with Crippen molar-refractivity contribution in [3.63, 3.8) is 0 Å². The molecule has 1 aliphatic rings. The van der Waals surface area contributed by atoms with E-state index in [4.69, 9.17) is 0 Å². The fraction of sp³-hybridized carbons (Fsp3) is 0.409. The maximum Gasteiger partial charge on any atom is 0.252 e. The van der Waals surface area contributed by atoms with Crippen LogP contribution in [0.25, 0.3) is 0 Å². The van der Waals surface area contributed by atoms with Crippen LogP contribution in [0.2, 0.25) is 0 Å². The number of piperidine rings is 1. The summed E-state index contributed by atoms with van der Waals surface area (Å²) in [5.74, 6) is -0.246. The van der Waals surface area contributed by atoms with E-state index in [9.17, 15) is 13.2 Å². The third-order valence-electron chi connectivity index (χ3n) is 5.32. The maximum absolute atomic E-state index is 13.0. The highest BCUT2D eigenvalue weighted by atomic mass is 32.2. The van der Waals surface area contributed by atoms with E-state index in [0.717, 1.165) is 36.8 Å². The Morgan fingerprint density at radius 3 is 2.39 bits per heavy atom. The highest BCUT2D eigenvalue weighted by molar-refractivity contribution is 7.89. The third-order valence-corrected chi connectivity index (χ3v) is 7.22. The van der Waals surface area contributed by atoms with E-state index < -0.39 is 10.0 Å². The number of aryl methyl sites for hydroxylation is 1. The Balaban J connectivity index is 1.85. The van der Waals surface area contributed by atoms with Crippen LogP contribution in [0, 0.1) is 6.92 Å². The molecule has 3 rings (SSSR count). The quantitative estimate of drug-likeness (QED) is 0.795. The monoisotopic (exact) mass is 400 g/mol. The van der Waals surface area contributed by atoms with Crippen LogP contribution in [-0.4, -0.2) is 31.7 Å². The molecular weight excluding hydrogens is 372 g/mol. The van der Waals surface area contributed by atoms with Crippen LogP contribution in [-0.2, 0) is 10.0 Å². The Morgan fingerprint density at radius 2 is 1.75 bits per heavy atom. The lowest BCUT2D eigenvalue weighted by Crippen LogP contribution is -2.36. The number of rotatable bonds is 6. The summed E-state index contributed by atoms with van der Waals surface area (Å²) in [6, 6.07) is 14.5. The number of carbonyl (C=O) groups is 1. The normalized spacial score (nSPS) is 16.5. The van der Waals surface area contributed by atoms with Gasteiger partial charge in [-0.25, -0.2) is 8.42 Å². The van der Waals surface area contributed by atoms with Gasteiger partial charge in [-0.1, -0.05) is 49.7 Å². The SMILES string of the molecule is CC[C@@H](NC(=O)c1cc(S(=O)(=O)N2CCCCC2)ccc1C)c1ccccc1. The van der Waals surface area contributed by atoms with Crippen molar-refractivity contribution in [3.8, 4) is 0 Å². The van der Waals surface area contributed by atoms with Gasteiger partial charge in [0.1, 0.15) is 0 Å². The Hall–Kier alpha value is -2.18. The zero-order chi connectivity index (χ0) is 20.1. The largest absolute Gasteiger partial charge is 0.345 e. The van der Waals surface area contributed by atoms with Gasteiger partial charge < -0.3 is 5.32 Å². The summed E-state index contributed by atoms with van der Waals surface area (Å²) in [6.45, 7) is 4.94. The van der Waals surface area contributed by atoms with Crippen molar-refractivity contribution < 1.29 is 13.2 Å². The van der Waals surface area contributed by atoms with Crippen molar-refractivity contribution in [2.24, 2.45) is 0 Å². The van der Waals surface area contributed by atoms with E-state index in [2.05, 4.69) is 5.32 Å². The highest BCUT2D eigenvalue weighted by Crippen LogP contribution is 2.24. The first-order valence-corrected chi connectivity index (χ1v) is 11.3. The van der Waals surface area contributed by atoms with Gasteiger partial charge in [0.15, 0.2) is 0 Å². The predicted octanol–water partition coefficient (Wildman–Crippen LogP) is 4.05. The summed E-state index contributed by atoms with van der Waals surface area (Å²) in [6.07, 6.45) is 3.58. The molecule has 1 saturated heterocycles. The number of carbonyl (C=O) groups excluding carboxylic acids is 1. The lowest BCUT2D eigenvalue weighted by Gasteiger charge is -2.26. The van der Waals surface area contributed by atoms with Gasteiger partial charge >= 0.3 is 0 Å². The second-order valence-corrected chi connectivity index (χ2v) is 9.22. The van der Waals surface area contributed by atoms with Crippen molar-refractivity contribution in [2.75, 3.05) is 13.1 Å². The van der Waals surface area contributed by atoms with Gasteiger partial charge in [-0.05, 0) is 49.4 Å². The van der Waals surface area contributed by atoms with Crippen LogP contribution < -0.4 is 5.32 Å². The molecule has 1 heterocycles. The fourth-order valence-electron chi connectivity index (χ4n) is 3.60. The van der Waals surface area contributed by atoms with Gasteiger partial charge in [-0.3, -0.25) is 4.79 Å². The molecule has 0 unspecified atom stereocenters. The number of hydrogen-bond acceptors (Lipinski definition) is 3. The number of nitrogens with zero attached hydrogens (tertiary/aromatic N) is 1. The smallest absolute Gasteiger partial charge is 0.252 e. The molecule has 1 N–H and O–H groups in total. The van der Waals surface area contributed by atoms with Crippen molar-refractivity contribution >= 4 is 15.9 Å². The van der Waals surface area contributed by atoms with Gasteiger partial charge in [0.05, 0.1) is 10.9 Å². The molecule has 0 aliphatic carbocycles. The van der Waals surface area contributed by atoms with Crippen molar-refractivity contribution in [2.45, 2.75) is 50.5 Å².